The molecule has 0 aliphatic rings. The van der Waals surface area contributed by atoms with Crippen LogP contribution in [0.4, 0.5) is 0 Å². The van der Waals surface area contributed by atoms with Crippen LogP contribution in [0.5, 0.6) is 0 Å². The van der Waals surface area contributed by atoms with E-state index in [0.717, 1.165) is 12.3 Å². The van der Waals surface area contributed by atoms with E-state index in [2.05, 4.69) is 24.8 Å². The van der Waals surface area contributed by atoms with Gasteiger partial charge in [-0.3, -0.25) is 0 Å². The summed E-state index contributed by atoms with van der Waals surface area (Å²) in [7, 11) is 1.86. The van der Waals surface area contributed by atoms with Gasteiger partial charge in [-0.2, -0.15) is 0 Å². The van der Waals surface area contributed by atoms with Gasteiger partial charge in [0.15, 0.2) is 0 Å². The summed E-state index contributed by atoms with van der Waals surface area (Å²) < 4.78 is 0. The minimum absolute atomic E-state index is 0.755. The van der Waals surface area contributed by atoms with Crippen molar-refractivity contribution in [2.24, 2.45) is 5.92 Å². The summed E-state index contributed by atoms with van der Waals surface area (Å²) in [5, 5.41) is 0. The van der Waals surface area contributed by atoms with Crippen molar-refractivity contribution >= 4 is 7.05 Å². The summed E-state index contributed by atoms with van der Waals surface area (Å²) >= 11 is 0. The quantitative estimate of drug-likeness (QED) is 0.637. The zero-order chi connectivity index (χ0) is 8.10. The fourth-order valence-corrected chi connectivity index (χ4v) is 1.02. The molecule has 1 rings (SSSR count). The predicted octanol–water partition coefficient (Wildman–Crippen LogP) is 2.01. The Balaban J connectivity index is 2.51. The van der Waals surface area contributed by atoms with Crippen LogP contribution in [-0.2, 0) is 6.42 Å². The zero-order valence-corrected chi connectivity index (χ0v) is 7.25. The average molecular weight is 147 g/mol. The molecule has 0 N–H and O–H groups in total. The fourth-order valence-electron chi connectivity index (χ4n) is 1.02. The normalized spacial score (nSPS) is 12.5. The molecule has 0 saturated heterocycles. The van der Waals surface area contributed by atoms with Gasteiger partial charge in [-0.25, -0.2) is 0 Å². The molecule has 0 saturated carbocycles. The molecule has 0 bridgehead atoms. The van der Waals surface area contributed by atoms with Gasteiger partial charge >= 0.3 is 68.3 Å². The molecular weight excluding hydrogens is 133 g/mol. The molecule has 1 aromatic rings. The van der Waals surface area contributed by atoms with E-state index < -0.39 is 0 Å². The van der Waals surface area contributed by atoms with Crippen LogP contribution in [0.3, 0.4) is 0 Å². The molecule has 58 valence electrons. The van der Waals surface area contributed by atoms with Gasteiger partial charge in [0, 0.05) is 0 Å². The monoisotopic (exact) mass is 147 g/mol. The summed E-state index contributed by atoms with van der Waals surface area (Å²) in [5.41, 5.74) is 1.21. The van der Waals surface area contributed by atoms with E-state index in [1.165, 1.54) is 12.1 Å². The summed E-state index contributed by atoms with van der Waals surface area (Å²) in [5.74, 6) is 2.71. The minimum atomic E-state index is 0.755. The SMILES string of the molecule is CCC(C)Cc1cccbn1. The molecule has 1 atom stereocenters. The molecule has 0 spiro atoms. The van der Waals surface area contributed by atoms with Crippen LogP contribution in [-0.4, -0.2) is 11.9 Å². The molecule has 0 radical (unpaired) electrons. The van der Waals surface area contributed by atoms with Crippen molar-refractivity contribution in [3.63, 3.8) is 0 Å². The first-order valence-corrected chi connectivity index (χ1v) is 4.22. The third-order valence-corrected chi connectivity index (χ3v) is 1.98. The van der Waals surface area contributed by atoms with Crippen LogP contribution in [0.2, 0.25) is 0 Å². The maximum atomic E-state index is 4.27. The van der Waals surface area contributed by atoms with E-state index in [-0.39, 0.29) is 0 Å². The van der Waals surface area contributed by atoms with Crippen molar-refractivity contribution in [2.45, 2.75) is 26.7 Å². The molecule has 1 nitrogen and oxygen atoms in total. The summed E-state index contributed by atoms with van der Waals surface area (Å²) in [6.45, 7) is 4.47. The number of hydrogen-bond acceptors (Lipinski definition) is 1. The van der Waals surface area contributed by atoms with Crippen LogP contribution >= 0.6 is 0 Å². The summed E-state index contributed by atoms with van der Waals surface area (Å²) in [4.78, 5) is 4.27. The van der Waals surface area contributed by atoms with Gasteiger partial charge in [0.2, 0.25) is 0 Å². The Hall–Kier alpha value is -0.655. The Morgan fingerprint density at radius 1 is 1.64 bits per heavy atom. The molecule has 0 aliphatic carbocycles. The third-order valence-electron chi connectivity index (χ3n) is 1.98. The van der Waals surface area contributed by atoms with Gasteiger partial charge in [0.1, 0.15) is 0 Å². The molecule has 1 heterocycles. The molecular formula is C9H14BN. The molecule has 0 aliphatic heterocycles. The van der Waals surface area contributed by atoms with Crippen molar-refractivity contribution in [2.75, 3.05) is 0 Å². The Morgan fingerprint density at radius 2 is 2.45 bits per heavy atom. The molecule has 1 aromatic heterocycles. The first-order valence-electron chi connectivity index (χ1n) is 4.22. The van der Waals surface area contributed by atoms with Crippen LogP contribution in [0.15, 0.2) is 18.1 Å². The van der Waals surface area contributed by atoms with Crippen molar-refractivity contribution in [1.82, 2.24) is 4.89 Å². The van der Waals surface area contributed by atoms with E-state index in [9.17, 15) is 0 Å². The van der Waals surface area contributed by atoms with E-state index in [1.807, 2.05) is 19.1 Å². The molecule has 0 amide bonds. The Kier molecular flexibility index (Phi) is 3.28. The van der Waals surface area contributed by atoms with E-state index in [0.29, 0.717) is 0 Å². The summed E-state index contributed by atoms with van der Waals surface area (Å²) in [6, 6.07) is 4.14. The maximum absolute atomic E-state index is 4.27. The van der Waals surface area contributed by atoms with Crippen LogP contribution in [0, 0.1) is 5.92 Å². The van der Waals surface area contributed by atoms with Crippen molar-refractivity contribution < 1.29 is 0 Å². The van der Waals surface area contributed by atoms with Gasteiger partial charge in [-0.15, -0.1) is 0 Å². The van der Waals surface area contributed by atoms with Gasteiger partial charge in [0.25, 0.3) is 0 Å². The molecule has 0 fully saturated rings. The standard InChI is InChI=1S/C9H14BN/c1-3-8(2)7-9-5-4-6-10-11-9/h4-6,8H,3,7H2,1-2H3. The van der Waals surface area contributed by atoms with Gasteiger partial charge in [-0.1, -0.05) is 0 Å². The number of hydrogen-bond donors (Lipinski definition) is 0. The molecule has 11 heavy (non-hydrogen) atoms. The molecule has 1 unspecified atom stereocenters. The van der Waals surface area contributed by atoms with Crippen molar-refractivity contribution in [3.8, 4) is 0 Å². The number of nitrogens with zero attached hydrogens (tertiary/aromatic N) is 1. The van der Waals surface area contributed by atoms with Crippen LogP contribution in [0.1, 0.15) is 26.0 Å². The Bertz CT molecular complexity index is 198. The topological polar surface area (TPSA) is 12.9 Å². The molecule has 2 heteroatoms. The van der Waals surface area contributed by atoms with Crippen molar-refractivity contribution in [1.29, 1.82) is 0 Å². The first-order chi connectivity index (χ1) is 5.33. The van der Waals surface area contributed by atoms with Crippen LogP contribution in [0.25, 0.3) is 0 Å². The van der Waals surface area contributed by atoms with E-state index in [4.69, 9.17) is 0 Å². The number of aromatic nitrogens is 1. The van der Waals surface area contributed by atoms with Crippen molar-refractivity contribution in [3.05, 3.63) is 23.8 Å². The predicted molar refractivity (Wildman–Crippen MR) is 48.7 cm³/mol. The Labute approximate surface area is 69.1 Å². The second kappa shape index (κ2) is 4.27. The van der Waals surface area contributed by atoms with Gasteiger partial charge < -0.3 is 0 Å². The van der Waals surface area contributed by atoms with Gasteiger partial charge in [0.05, 0.1) is 0 Å². The third kappa shape index (κ3) is 2.83. The number of rotatable bonds is 3. The fraction of sp³-hybridized carbons (Fsp3) is 0.556. The molecule has 0 aromatic carbocycles. The van der Waals surface area contributed by atoms with Crippen LogP contribution < -0.4 is 0 Å². The average Bonchev–Trinajstić information content (AvgIpc) is 2.06. The first kappa shape index (κ1) is 8.44. The van der Waals surface area contributed by atoms with Gasteiger partial charge in [-0.05, 0) is 0 Å². The second-order valence-electron chi connectivity index (χ2n) is 3.04. The van der Waals surface area contributed by atoms with E-state index >= 15 is 0 Å². The Morgan fingerprint density at radius 3 is 3.00 bits per heavy atom. The summed E-state index contributed by atoms with van der Waals surface area (Å²) in [6.07, 6.45) is 2.34. The second-order valence-corrected chi connectivity index (χ2v) is 3.04. The zero-order valence-electron chi connectivity index (χ0n) is 7.25. The van der Waals surface area contributed by atoms with E-state index in [1.54, 1.807) is 0 Å².